The minimum Gasteiger partial charge on any atom is -0.483 e. The lowest BCUT2D eigenvalue weighted by Gasteiger charge is -2.34. The van der Waals surface area contributed by atoms with E-state index in [2.05, 4.69) is 21.2 Å². The number of benzene rings is 4. The summed E-state index contributed by atoms with van der Waals surface area (Å²) < 4.78 is 6.86. The van der Waals surface area contributed by atoms with Crippen molar-refractivity contribution in [2.45, 2.75) is 52.2 Å². The second kappa shape index (κ2) is 12.5. The van der Waals surface area contributed by atoms with E-state index in [0.29, 0.717) is 18.7 Å². The number of rotatable bonds is 9. The first-order valence-electron chi connectivity index (χ1n) is 13.1. The van der Waals surface area contributed by atoms with E-state index in [4.69, 9.17) is 4.74 Å². The lowest BCUT2D eigenvalue weighted by molar-refractivity contribution is -0.143. The molecule has 0 saturated heterocycles. The highest BCUT2D eigenvalue weighted by Crippen LogP contribution is 2.33. The largest absolute Gasteiger partial charge is 0.483 e. The molecule has 5 nitrogen and oxygen atoms in total. The fourth-order valence-corrected chi connectivity index (χ4v) is 5.13. The van der Waals surface area contributed by atoms with Gasteiger partial charge in [0.05, 0.1) is 4.47 Å². The minimum atomic E-state index is -0.720. The lowest BCUT2D eigenvalue weighted by Crippen LogP contribution is -2.55. The number of ether oxygens (including phenoxy) is 1. The monoisotopic (exact) mass is 586 g/mol. The third-order valence-corrected chi connectivity index (χ3v) is 7.37. The molecule has 1 unspecified atom stereocenters. The number of fused-ring (bicyclic) bond motifs is 1. The third kappa shape index (κ3) is 7.48. The highest BCUT2D eigenvalue weighted by molar-refractivity contribution is 9.10. The van der Waals surface area contributed by atoms with Crippen LogP contribution in [0.3, 0.4) is 0 Å². The van der Waals surface area contributed by atoms with Crippen LogP contribution < -0.4 is 10.1 Å². The number of carbonyl (C=O) groups is 2. The molecule has 4 rings (SSSR count). The van der Waals surface area contributed by atoms with E-state index in [1.165, 1.54) is 0 Å². The molecule has 0 aliphatic carbocycles. The van der Waals surface area contributed by atoms with Crippen molar-refractivity contribution in [2.24, 2.45) is 0 Å². The molecule has 1 atom stereocenters. The van der Waals surface area contributed by atoms with E-state index >= 15 is 0 Å². The van der Waals surface area contributed by atoms with Crippen molar-refractivity contribution in [3.63, 3.8) is 0 Å². The zero-order chi connectivity index (χ0) is 28.0. The summed E-state index contributed by atoms with van der Waals surface area (Å²) in [6.45, 7) is 7.94. The fraction of sp³-hybridized carbons (Fsp3) is 0.273. The van der Waals surface area contributed by atoms with Crippen molar-refractivity contribution in [1.29, 1.82) is 0 Å². The Morgan fingerprint density at radius 1 is 0.897 bits per heavy atom. The van der Waals surface area contributed by atoms with Crippen molar-refractivity contribution in [3.05, 3.63) is 112 Å². The Kier molecular flexibility index (Phi) is 9.08. The van der Waals surface area contributed by atoms with Crippen LogP contribution >= 0.6 is 15.9 Å². The number of carbonyl (C=O) groups excluding carboxylic acids is 2. The van der Waals surface area contributed by atoms with Crippen molar-refractivity contribution >= 4 is 38.5 Å². The molecule has 0 aromatic heterocycles. The second-order valence-electron chi connectivity index (χ2n) is 10.8. The van der Waals surface area contributed by atoms with Gasteiger partial charge < -0.3 is 15.0 Å². The molecule has 1 N–H and O–H groups in total. The number of nitrogens with one attached hydrogen (secondary N) is 1. The Labute approximate surface area is 239 Å². The maximum absolute atomic E-state index is 13.9. The number of hydrogen-bond donors (Lipinski definition) is 1. The van der Waals surface area contributed by atoms with Crippen LogP contribution in [0.1, 0.15) is 37.5 Å². The van der Waals surface area contributed by atoms with Crippen LogP contribution in [0.25, 0.3) is 10.8 Å². The summed E-state index contributed by atoms with van der Waals surface area (Å²) in [5.74, 6) is 0.125. The molecule has 0 heterocycles. The third-order valence-electron chi connectivity index (χ3n) is 6.55. The topological polar surface area (TPSA) is 58.6 Å². The Bertz CT molecular complexity index is 1450. The normalized spacial score (nSPS) is 12.1. The first-order chi connectivity index (χ1) is 18.6. The van der Waals surface area contributed by atoms with Crippen LogP contribution in [-0.2, 0) is 22.6 Å². The van der Waals surface area contributed by atoms with Crippen LogP contribution in [0.2, 0.25) is 0 Å². The van der Waals surface area contributed by atoms with Crippen molar-refractivity contribution < 1.29 is 14.3 Å². The smallest absolute Gasteiger partial charge is 0.261 e. The molecule has 0 fully saturated rings. The van der Waals surface area contributed by atoms with Gasteiger partial charge in [0.25, 0.3) is 5.91 Å². The lowest BCUT2D eigenvalue weighted by atomic mass is 10.00. The van der Waals surface area contributed by atoms with Crippen LogP contribution in [0, 0.1) is 6.92 Å². The molecule has 0 aliphatic rings. The van der Waals surface area contributed by atoms with E-state index < -0.39 is 11.6 Å². The Hall–Kier alpha value is -3.64. The molecule has 2 amide bonds. The zero-order valence-corrected chi connectivity index (χ0v) is 24.5. The molecule has 6 heteroatoms. The van der Waals surface area contributed by atoms with E-state index in [1.54, 1.807) is 4.90 Å². The number of nitrogens with zero attached hydrogens (tertiary/aromatic N) is 1. The molecule has 39 heavy (non-hydrogen) atoms. The minimum absolute atomic E-state index is 0.194. The molecule has 4 aromatic carbocycles. The van der Waals surface area contributed by atoms with Crippen molar-refractivity contribution in [2.75, 3.05) is 6.61 Å². The zero-order valence-electron chi connectivity index (χ0n) is 22.9. The van der Waals surface area contributed by atoms with Gasteiger partial charge in [-0.05, 0) is 77.2 Å². The molecule has 0 bridgehead atoms. The SMILES string of the molecule is Cc1ccccc1CN(C(=O)COc1ccc2ccccc2c1Br)C(Cc1ccccc1)C(=O)NC(C)(C)C. The summed E-state index contributed by atoms with van der Waals surface area (Å²) in [6, 6.07) is 28.8. The van der Waals surface area contributed by atoms with Gasteiger partial charge >= 0.3 is 0 Å². The van der Waals surface area contributed by atoms with Crippen LogP contribution in [0.15, 0.2) is 95.5 Å². The highest BCUT2D eigenvalue weighted by atomic mass is 79.9. The number of aryl methyl sites for hydroxylation is 1. The van der Waals surface area contributed by atoms with Gasteiger partial charge in [-0.1, -0.05) is 84.9 Å². The molecular weight excluding hydrogens is 552 g/mol. The molecule has 0 spiro atoms. The maximum atomic E-state index is 13.9. The Morgan fingerprint density at radius 3 is 2.28 bits per heavy atom. The van der Waals surface area contributed by atoms with Crippen LogP contribution in [-0.4, -0.2) is 34.9 Å². The Morgan fingerprint density at radius 2 is 1.56 bits per heavy atom. The van der Waals surface area contributed by atoms with E-state index in [9.17, 15) is 9.59 Å². The molecule has 0 radical (unpaired) electrons. The summed E-state index contributed by atoms with van der Waals surface area (Å²) in [7, 11) is 0. The number of halogens is 1. The average molecular weight is 588 g/mol. The highest BCUT2D eigenvalue weighted by Gasteiger charge is 2.32. The van der Waals surface area contributed by atoms with Gasteiger partial charge in [0.2, 0.25) is 5.91 Å². The van der Waals surface area contributed by atoms with Crippen LogP contribution in [0.4, 0.5) is 0 Å². The van der Waals surface area contributed by atoms with Gasteiger partial charge in [0.1, 0.15) is 11.8 Å². The summed E-state index contributed by atoms with van der Waals surface area (Å²) >= 11 is 3.65. The second-order valence-corrected chi connectivity index (χ2v) is 11.6. The first-order valence-corrected chi connectivity index (χ1v) is 13.9. The van der Waals surface area contributed by atoms with Gasteiger partial charge in [0, 0.05) is 18.5 Å². The van der Waals surface area contributed by atoms with Gasteiger partial charge in [-0.3, -0.25) is 9.59 Å². The van der Waals surface area contributed by atoms with Gasteiger partial charge in [-0.15, -0.1) is 0 Å². The number of hydrogen-bond acceptors (Lipinski definition) is 3. The standard InChI is InChI=1S/C33H35BrN2O3/c1-23-12-8-9-16-26(23)21-36(28(32(38)35-33(2,3)4)20-24-13-6-5-7-14-24)30(37)22-39-29-19-18-25-15-10-11-17-27(25)31(29)34/h5-19,28H,20-22H2,1-4H3,(H,35,38). The van der Waals surface area contributed by atoms with Gasteiger partial charge in [0.15, 0.2) is 6.61 Å². The van der Waals surface area contributed by atoms with E-state index in [-0.39, 0.29) is 18.4 Å². The van der Waals surface area contributed by atoms with Crippen molar-refractivity contribution in [1.82, 2.24) is 10.2 Å². The van der Waals surface area contributed by atoms with Crippen LogP contribution in [0.5, 0.6) is 5.75 Å². The predicted molar refractivity (Wildman–Crippen MR) is 161 cm³/mol. The predicted octanol–water partition coefficient (Wildman–Crippen LogP) is 6.84. The van der Waals surface area contributed by atoms with E-state index in [0.717, 1.165) is 31.9 Å². The molecular formula is C33H35BrN2O3. The average Bonchev–Trinajstić information content (AvgIpc) is 2.91. The maximum Gasteiger partial charge on any atom is 0.261 e. The fourth-order valence-electron chi connectivity index (χ4n) is 4.53. The first kappa shape index (κ1) is 28.4. The number of amides is 2. The molecule has 202 valence electrons. The summed E-state index contributed by atoms with van der Waals surface area (Å²) in [5.41, 5.74) is 2.57. The van der Waals surface area contributed by atoms with E-state index in [1.807, 2.05) is 119 Å². The molecule has 0 saturated carbocycles. The summed E-state index contributed by atoms with van der Waals surface area (Å²) in [6.07, 6.45) is 0.389. The summed E-state index contributed by atoms with van der Waals surface area (Å²) in [4.78, 5) is 29.3. The van der Waals surface area contributed by atoms with Gasteiger partial charge in [-0.2, -0.15) is 0 Å². The summed E-state index contributed by atoms with van der Waals surface area (Å²) in [5, 5.41) is 5.18. The molecule has 4 aromatic rings. The van der Waals surface area contributed by atoms with Gasteiger partial charge in [-0.25, -0.2) is 0 Å². The quantitative estimate of drug-likeness (QED) is 0.233. The molecule has 0 aliphatic heterocycles. The Balaban J connectivity index is 1.66. The van der Waals surface area contributed by atoms with Crippen molar-refractivity contribution in [3.8, 4) is 5.75 Å².